The zero-order valence-corrected chi connectivity index (χ0v) is 44.1. The molecule has 0 N–H and O–H groups in total. The second-order valence-electron chi connectivity index (χ2n) is 24.0. The molecule has 9 aromatic carbocycles. The van der Waals surface area contributed by atoms with Gasteiger partial charge in [-0.25, -0.2) is 0 Å². The molecule has 0 bridgehead atoms. The van der Waals surface area contributed by atoms with E-state index in [0.29, 0.717) is 11.4 Å². The molecule has 12 rings (SSSR count). The Morgan fingerprint density at radius 2 is 1.00 bits per heavy atom. The van der Waals surface area contributed by atoms with Crippen molar-refractivity contribution in [2.45, 2.75) is 97.8 Å². The fourth-order valence-electron chi connectivity index (χ4n) is 11.7. The molecule has 0 radical (unpaired) electrons. The van der Waals surface area contributed by atoms with E-state index in [0.717, 1.165) is 50.7 Å². The first-order valence-electron chi connectivity index (χ1n) is 28.4. The summed E-state index contributed by atoms with van der Waals surface area (Å²) in [7, 11) is 0. The third kappa shape index (κ3) is 7.72. The van der Waals surface area contributed by atoms with Crippen molar-refractivity contribution in [2.24, 2.45) is 0 Å². The lowest BCUT2D eigenvalue weighted by Gasteiger charge is -2.45. The predicted octanol–water partition coefficient (Wildman–Crippen LogP) is 17.1. The number of benzene rings is 9. The minimum absolute atomic E-state index is 0.0191. The van der Waals surface area contributed by atoms with Gasteiger partial charge in [-0.1, -0.05) is 197 Å². The van der Waals surface area contributed by atoms with Crippen molar-refractivity contribution in [2.75, 3.05) is 14.7 Å². The molecule has 73 heavy (non-hydrogen) atoms. The zero-order valence-electron chi connectivity index (χ0n) is 49.1. The van der Waals surface area contributed by atoms with Crippen molar-refractivity contribution in [3.63, 3.8) is 0 Å². The average molecular weight is 953 g/mol. The number of anilines is 9. The minimum atomic E-state index is -0.432. The Hall–Kier alpha value is -7.56. The Kier molecular flexibility index (Phi) is 9.40. The normalized spacial score (nSPS) is 15.2. The summed E-state index contributed by atoms with van der Waals surface area (Å²) in [5.74, 6) is 0. The molecule has 3 aliphatic rings. The van der Waals surface area contributed by atoms with Crippen LogP contribution in [0.1, 0.15) is 111 Å². The summed E-state index contributed by atoms with van der Waals surface area (Å²) < 4.78 is 45.6. The first kappa shape index (κ1) is 41.0. The van der Waals surface area contributed by atoms with Crippen LogP contribution in [-0.2, 0) is 21.7 Å². The molecule has 0 fully saturated rings. The lowest BCUT2D eigenvalue weighted by Crippen LogP contribution is -2.61. The number of fused-ring (bicyclic) bond motifs is 7. The number of hydrogen-bond donors (Lipinski definition) is 0. The van der Waals surface area contributed by atoms with E-state index in [9.17, 15) is 2.74 Å². The molecule has 3 nitrogen and oxygen atoms in total. The van der Waals surface area contributed by atoms with Crippen LogP contribution >= 0.6 is 0 Å². The summed E-state index contributed by atoms with van der Waals surface area (Å²) in [6.07, 6.45) is 0. The van der Waals surface area contributed by atoms with E-state index >= 15 is 0 Å². The van der Waals surface area contributed by atoms with Crippen molar-refractivity contribution >= 4 is 74.3 Å². The third-order valence-electron chi connectivity index (χ3n) is 15.8. The van der Waals surface area contributed by atoms with Crippen molar-refractivity contribution in [3.8, 4) is 22.3 Å². The zero-order chi connectivity index (χ0) is 55.1. The summed E-state index contributed by atoms with van der Waals surface area (Å²) in [5.41, 5.74) is 21.5. The van der Waals surface area contributed by atoms with Gasteiger partial charge in [-0.15, -0.1) is 0 Å². The molecule has 0 atom stereocenters. The summed E-state index contributed by atoms with van der Waals surface area (Å²) in [5, 5.41) is 0. The van der Waals surface area contributed by atoms with Gasteiger partial charge in [-0.2, -0.15) is 0 Å². The van der Waals surface area contributed by atoms with E-state index in [-0.39, 0.29) is 58.2 Å². The fraction of sp³-hybridized carbons (Fsp3) is 0.217. The average Bonchev–Trinajstić information content (AvgIpc) is 3.18. The van der Waals surface area contributed by atoms with E-state index in [2.05, 4.69) is 213 Å². The number of para-hydroxylation sites is 1. The van der Waals surface area contributed by atoms with Crippen LogP contribution in [0.2, 0.25) is 0 Å². The Morgan fingerprint density at radius 1 is 0.425 bits per heavy atom. The lowest BCUT2D eigenvalue weighted by atomic mass is 9.33. The quantitative estimate of drug-likeness (QED) is 0.154. The molecular weight excluding hydrogens is 882 g/mol. The Morgan fingerprint density at radius 3 is 1.67 bits per heavy atom. The van der Waals surface area contributed by atoms with Gasteiger partial charge in [0.05, 0.1) is 6.85 Å². The molecule has 9 aromatic rings. The van der Waals surface area contributed by atoms with E-state index in [1.165, 1.54) is 49.9 Å². The maximum atomic E-state index is 9.49. The van der Waals surface area contributed by atoms with Gasteiger partial charge in [-0.3, -0.25) is 0 Å². The van der Waals surface area contributed by atoms with E-state index < -0.39 is 6.04 Å². The molecule has 0 aromatic heterocycles. The number of nitrogens with zero attached hydrogens (tertiary/aromatic N) is 3. The van der Waals surface area contributed by atoms with E-state index in [1.54, 1.807) is 0 Å². The maximum absolute atomic E-state index is 9.49. The number of hydrogen-bond acceptors (Lipinski definition) is 3. The summed E-state index contributed by atoms with van der Waals surface area (Å²) in [4.78, 5) is 6.81. The number of rotatable bonds is 6. The Balaban J connectivity index is 1.18. The van der Waals surface area contributed by atoms with Gasteiger partial charge in [0.1, 0.15) is 0 Å². The molecule has 0 saturated carbocycles. The van der Waals surface area contributed by atoms with Crippen LogP contribution in [0.15, 0.2) is 200 Å². The minimum Gasteiger partial charge on any atom is -0.311 e. The molecule has 2 aliphatic heterocycles. The summed E-state index contributed by atoms with van der Waals surface area (Å²) in [6.45, 7) is 25.0. The highest BCUT2D eigenvalue weighted by Crippen LogP contribution is 2.53. The van der Waals surface area contributed by atoms with Crippen LogP contribution in [0.3, 0.4) is 0 Å². The second kappa shape index (κ2) is 16.8. The smallest absolute Gasteiger partial charge is 0.252 e. The summed E-state index contributed by atoms with van der Waals surface area (Å²) >= 11 is 0. The van der Waals surface area contributed by atoms with Crippen LogP contribution in [0.25, 0.3) is 22.3 Å². The summed E-state index contributed by atoms with van der Waals surface area (Å²) in [6, 6.07) is 59.9. The predicted molar refractivity (Wildman–Crippen MR) is 314 cm³/mol. The van der Waals surface area contributed by atoms with Gasteiger partial charge in [0, 0.05) is 56.6 Å². The molecule has 0 spiro atoms. The molecule has 0 amide bonds. The van der Waals surface area contributed by atoms with Crippen molar-refractivity contribution in [1.29, 1.82) is 0 Å². The SMILES string of the molecule is [2H]c1c([2H])c([2H])c(N(c2ccc(-c3ccccc3)cc2)c2ccc3c(c2)N(c2ccc4c(c2)-c2ccccc2C4(C)C)c2cc(C(C)(C)C)cc4c2B3c2cc(C(C)(C)C)ccc2N4c2ccc(C(C)(C)C)cc2)c([2H])c1[2H]. The van der Waals surface area contributed by atoms with Gasteiger partial charge in [0.2, 0.25) is 0 Å². The molecule has 4 heteroatoms. The highest BCUT2D eigenvalue weighted by molar-refractivity contribution is 7.00. The largest absolute Gasteiger partial charge is 0.311 e. The molecule has 0 saturated heterocycles. The molecule has 1 aliphatic carbocycles. The van der Waals surface area contributed by atoms with E-state index in [4.69, 9.17) is 4.11 Å². The first-order chi connectivity index (χ1) is 36.9. The highest BCUT2D eigenvalue weighted by Gasteiger charge is 2.45. The van der Waals surface area contributed by atoms with Gasteiger partial charge < -0.3 is 14.7 Å². The Labute approximate surface area is 441 Å². The van der Waals surface area contributed by atoms with Crippen molar-refractivity contribution in [1.82, 2.24) is 0 Å². The first-order valence-corrected chi connectivity index (χ1v) is 25.9. The molecular formula is C69H66BN3. The van der Waals surface area contributed by atoms with Crippen LogP contribution in [0.5, 0.6) is 0 Å². The van der Waals surface area contributed by atoms with Gasteiger partial charge >= 0.3 is 0 Å². The van der Waals surface area contributed by atoms with Gasteiger partial charge in [0.15, 0.2) is 0 Å². The Bertz CT molecular complexity index is 3870. The third-order valence-corrected chi connectivity index (χ3v) is 15.8. The van der Waals surface area contributed by atoms with Gasteiger partial charge in [0.25, 0.3) is 6.71 Å². The van der Waals surface area contributed by atoms with Crippen LogP contribution in [-0.4, -0.2) is 6.71 Å². The van der Waals surface area contributed by atoms with Crippen molar-refractivity contribution in [3.05, 3.63) is 228 Å². The molecule has 360 valence electrons. The van der Waals surface area contributed by atoms with Crippen LogP contribution in [0.4, 0.5) is 51.2 Å². The van der Waals surface area contributed by atoms with E-state index in [1.807, 2.05) is 47.4 Å². The molecule has 2 heterocycles. The monoisotopic (exact) mass is 953 g/mol. The van der Waals surface area contributed by atoms with Crippen LogP contribution in [0, 0.1) is 0 Å². The lowest BCUT2D eigenvalue weighted by molar-refractivity contribution is 0.589. The molecule has 0 unspecified atom stereocenters. The second-order valence-corrected chi connectivity index (χ2v) is 24.0. The standard InChI is InChI=1S/C69H66BN3/c1-66(2,3)47-28-33-52(34-29-47)72-61-39-30-48(67(4,5)6)40-60(61)70-59-38-36-54(71(50-22-16-13-17-23-50)51-31-26-46(27-32-51)45-20-14-12-15-21-45)44-62(59)73(64-42-49(68(7,8)9)41-63(72)65(64)70)53-35-37-58-56(43-53)55-24-18-19-25-57(55)69(58,10)11/h12-44H,1-11H3/i13D,16D,17D,22D,23D. The van der Waals surface area contributed by atoms with Gasteiger partial charge in [-0.05, 0) is 162 Å². The maximum Gasteiger partial charge on any atom is 0.252 e. The van der Waals surface area contributed by atoms with Crippen molar-refractivity contribution < 1.29 is 6.85 Å². The van der Waals surface area contributed by atoms with Crippen LogP contribution < -0.4 is 31.1 Å². The fourth-order valence-corrected chi connectivity index (χ4v) is 11.7. The topological polar surface area (TPSA) is 9.72 Å². The highest BCUT2D eigenvalue weighted by atomic mass is 15.2.